The van der Waals surface area contributed by atoms with Crippen molar-refractivity contribution in [1.82, 2.24) is 15.1 Å². The average Bonchev–Trinajstić information content (AvgIpc) is 2.96. The molecule has 1 heterocycles. The van der Waals surface area contributed by atoms with Gasteiger partial charge in [0.15, 0.2) is 11.5 Å². The lowest BCUT2D eigenvalue weighted by molar-refractivity contribution is 0.274. The SMILES string of the molecule is CCCNCc1cnn(CCOc2ccccc2OC)c1. The molecular weight excluding hydrogens is 266 g/mol. The minimum Gasteiger partial charge on any atom is -0.493 e. The summed E-state index contributed by atoms with van der Waals surface area (Å²) in [6.07, 6.45) is 5.08. The lowest BCUT2D eigenvalue weighted by Crippen LogP contribution is -2.13. The van der Waals surface area contributed by atoms with Crippen molar-refractivity contribution in [3.8, 4) is 11.5 Å². The highest BCUT2D eigenvalue weighted by Gasteiger charge is 2.03. The molecule has 2 aromatic rings. The third-order valence-electron chi connectivity index (χ3n) is 3.09. The van der Waals surface area contributed by atoms with Crippen LogP contribution in [0.15, 0.2) is 36.7 Å². The van der Waals surface area contributed by atoms with Gasteiger partial charge in [-0.2, -0.15) is 5.10 Å². The molecule has 0 saturated carbocycles. The fraction of sp³-hybridized carbons (Fsp3) is 0.438. The molecule has 114 valence electrons. The molecule has 5 heteroatoms. The fourth-order valence-electron chi connectivity index (χ4n) is 2.02. The summed E-state index contributed by atoms with van der Waals surface area (Å²) in [5.41, 5.74) is 1.20. The van der Waals surface area contributed by atoms with E-state index in [-0.39, 0.29) is 0 Å². The number of methoxy groups -OCH3 is 1. The quantitative estimate of drug-likeness (QED) is 0.720. The molecule has 21 heavy (non-hydrogen) atoms. The van der Waals surface area contributed by atoms with Crippen molar-refractivity contribution >= 4 is 0 Å². The van der Waals surface area contributed by atoms with Crippen molar-refractivity contribution in [2.45, 2.75) is 26.4 Å². The molecule has 0 aliphatic carbocycles. The zero-order valence-corrected chi connectivity index (χ0v) is 12.7. The molecule has 0 aliphatic heterocycles. The van der Waals surface area contributed by atoms with Gasteiger partial charge < -0.3 is 14.8 Å². The summed E-state index contributed by atoms with van der Waals surface area (Å²) in [7, 11) is 1.64. The first-order valence-electron chi connectivity index (χ1n) is 7.31. The van der Waals surface area contributed by atoms with Gasteiger partial charge in [-0.15, -0.1) is 0 Å². The van der Waals surface area contributed by atoms with Crippen LogP contribution in [0.1, 0.15) is 18.9 Å². The van der Waals surface area contributed by atoms with Gasteiger partial charge in [0.1, 0.15) is 6.61 Å². The van der Waals surface area contributed by atoms with E-state index in [4.69, 9.17) is 9.47 Å². The van der Waals surface area contributed by atoms with Gasteiger partial charge in [-0.1, -0.05) is 19.1 Å². The second-order valence-corrected chi connectivity index (χ2v) is 4.79. The lowest BCUT2D eigenvalue weighted by Gasteiger charge is -2.10. The van der Waals surface area contributed by atoms with Crippen LogP contribution in [0.5, 0.6) is 11.5 Å². The first-order chi connectivity index (χ1) is 10.3. The van der Waals surface area contributed by atoms with Crippen molar-refractivity contribution in [1.29, 1.82) is 0 Å². The van der Waals surface area contributed by atoms with E-state index in [1.807, 2.05) is 41.3 Å². The number of nitrogens with zero attached hydrogens (tertiary/aromatic N) is 2. The largest absolute Gasteiger partial charge is 0.493 e. The fourth-order valence-corrected chi connectivity index (χ4v) is 2.02. The van der Waals surface area contributed by atoms with E-state index in [2.05, 4.69) is 17.3 Å². The summed E-state index contributed by atoms with van der Waals surface area (Å²) in [5, 5.41) is 7.69. The Morgan fingerprint density at radius 2 is 2.05 bits per heavy atom. The molecule has 0 fully saturated rings. The van der Waals surface area contributed by atoms with E-state index >= 15 is 0 Å². The van der Waals surface area contributed by atoms with Gasteiger partial charge in [0.05, 0.1) is 19.9 Å². The van der Waals surface area contributed by atoms with Gasteiger partial charge in [-0.25, -0.2) is 0 Å². The predicted molar refractivity (Wildman–Crippen MR) is 82.7 cm³/mol. The summed E-state index contributed by atoms with van der Waals surface area (Å²) >= 11 is 0. The Morgan fingerprint density at radius 3 is 2.81 bits per heavy atom. The van der Waals surface area contributed by atoms with Crippen molar-refractivity contribution in [3.63, 3.8) is 0 Å². The van der Waals surface area contributed by atoms with Crippen molar-refractivity contribution in [2.75, 3.05) is 20.3 Å². The molecule has 0 amide bonds. The van der Waals surface area contributed by atoms with E-state index in [0.29, 0.717) is 13.2 Å². The van der Waals surface area contributed by atoms with E-state index in [9.17, 15) is 0 Å². The molecule has 5 nitrogen and oxygen atoms in total. The van der Waals surface area contributed by atoms with Crippen LogP contribution in [-0.2, 0) is 13.1 Å². The molecular formula is C16H23N3O2. The molecule has 1 aromatic heterocycles. The highest BCUT2D eigenvalue weighted by Crippen LogP contribution is 2.25. The zero-order chi connectivity index (χ0) is 14.9. The molecule has 0 spiro atoms. The smallest absolute Gasteiger partial charge is 0.161 e. The maximum absolute atomic E-state index is 5.74. The zero-order valence-electron chi connectivity index (χ0n) is 12.7. The summed E-state index contributed by atoms with van der Waals surface area (Å²) in [5.74, 6) is 1.51. The Labute approximate surface area is 125 Å². The normalized spacial score (nSPS) is 10.6. The van der Waals surface area contributed by atoms with Crippen LogP contribution in [0.4, 0.5) is 0 Å². The van der Waals surface area contributed by atoms with E-state index < -0.39 is 0 Å². The maximum Gasteiger partial charge on any atom is 0.161 e. The molecule has 0 saturated heterocycles. The van der Waals surface area contributed by atoms with Crippen LogP contribution in [0.2, 0.25) is 0 Å². The summed E-state index contributed by atoms with van der Waals surface area (Å²) in [4.78, 5) is 0. The molecule has 1 aromatic carbocycles. The van der Waals surface area contributed by atoms with Gasteiger partial charge in [0.25, 0.3) is 0 Å². The molecule has 0 unspecified atom stereocenters. The Morgan fingerprint density at radius 1 is 1.24 bits per heavy atom. The molecule has 0 radical (unpaired) electrons. The number of nitrogens with one attached hydrogen (secondary N) is 1. The first-order valence-corrected chi connectivity index (χ1v) is 7.31. The van der Waals surface area contributed by atoms with Gasteiger partial charge in [-0.05, 0) is 25.1 Å². The average molecular weight is 289 g/mol. The van der Waals surface area contributed by atoms with Crippen molar-refractivity contribution in [2.24, 2.45) is 0 Å². The number of rotatable bonds is 9. The number of hydrogen-bond donors (Lipinski definition) is 1. The minimum atomic E-state index is 0.559. The van der Waals surface area contributed by atoms with Gasteiger partial charge in [0, 0.05) is 18.3 Å². The maximum atomic E-state index is 5.74. The van der Waals surface area contributed by atoms with Gasteiger partial charge in [0.2, 0.25) is 0 Å². The van der Waals surface area contributed by atoms with Crippen LogP contribution < -0.4 is 14.8 Å². The number of ether oxygens (including phenoxy) is 2. The second kappa shape index (κ2) is 8.32. The second-order valence-electron chi connectivity index (χ2n) is 4.79. The van der Waals surface area contributed by atoms with Crippen LogP contribution in [0, 0.1) is 0 Å². The van der Waals surface area contributed by atoms with E-state index in [0.717, 1.165) is 31.0 Å². The van der Waals surface area contributed by atoms with Crippen LogP contribution in [0.25, 0.3) is 0 Å². The Bertz CT molecular complexity index is 540. The molecule has 0 bridgehead atoms. The van der Waals surface area contributed by atoms with Gasteiger partial charge in [-0.3, -0.25) is 4.68 Å². The number of benzene rings is 1. The lowest BCUT2D eigenvalue weighted by atomic mass is 10.3. The monoisotopic (exact) mass is 289 g/mol. The molecule has 0 aliphatic rings. The number of para-hydroxylation sites is 2. The molecule has 0 atom stereocenters. The van der Waals surface area contributed by atoms with Gasteiger partial charge >= 0.3 is 0 Å². The minimum absolute atomic E-state index is 0.559. The van der Waals surface area contributed by atoms with Crippen molar-refractivity contribution in [3.05, 3.63) is 42.2 Å². The standard InChI is InChI=1S/C16H23N3O2/c1-3-8-17-11-14-12-18-19(13-14)9-10-21-16-7-5-4-6-15(16)20-2/h4-7,12-13,17H,3,8-11H2,1-2H3. The Balaban J connectivity index is 1.78. The summed E-state index contributed by atoms with van der Waals surface area (Å²) in [6, 6.07) is 7.65. The van der Waals surface area contributed by atoms with Crippen LogP contribution >= 0.6 is 0 Å². The molecule has 2 rings (SSSR count). The van der Waals surface area contributed by atoms with Crippen LogP contribution in [-0.4, -0.2) is 30.0 Å². The number of hydrogen-bond acceptors (Lipinski definition) is 4. The van der Waals surface area contributed by atoms with Crippen molar-refractivity contribution < 1.29 is 9.47 Å². The first kappa shape index (κ1) is 15.4. The Hall–Kier alpha value is -2.01. The summed E-state index contributed by atoms with van der Waals surface area (Å²) < 4.78 is 12.9. The summed E-state index contributed by atoms with van der Waals surface area (Å²) in [6.45, 7) is 5.32. The highest BCUT2D eigenvalue weighted by atomic mass is 16.5. The topological polar surface area (TPSA) is 48.3 Å². The van der Waals surface area contributed by atoms with Crippen LogP contribution in [0.3, 0.4) is 0 Å². The predicted octanol–water partition coefficient (Wildman–Crippen LogP) is 2.47. The number of aromatic nitrogens is 2. The third kappa shape index (κ3) is 4.79. The Kier molecular flexibility index (Phi) is 6.09. The van der Waals surface area contributed by atoms with E-state index in [1.165, 1.54) is 5.56 Å². The third-order valence-corrected chi connectivity index (χ3v) is 3.09. The van der Waals surface area contributed by atoms with E-state index in [1.54, 1.807) is 7.11 Å². The molecule has 1 N–H and O–H groups in total. The highest BCUT2D eigenvalue weighted by molar-refractivity contribution is 5.39.